The van der Waals surface area contributed by atoms with Gasteiger partial charge in [0.25, 0.3) is 5.88 Å². The molecular formula is C19H14NO5P. The van der Waals surface area contributed by atoms with Crippen molar-refractivity contribution in [3.8, 4) is 17.4 Å². The van der Waals surface area contributed by atoms with Crippen LogP contribution in [0.5, 0.6) is 17.4 Å². The molecule has 1 heterocycles. The number of hydrogen-bond donors (Lipinski definition) is 0. The molecule has 0 unspecified atom stereocenters. The smallest absolute Gasteiger partial charge is 0.386 e. The van der Waals surface area contributed by atoms with E-state index in [1.165, 1.54) is 0 Å². The molecular weight excluding hydrogens is 353 g/mol. The van der Waals surface area contributed by atoms with E-state index in [4.69, 9.17) is 18.1 Å². The van der Waals surface area contributed by atoms with Crippen LogP contribution in [0, 0.1) is 0 Å². The van der Waals surface area contributed by atoms with Gasteiger partial charge in [-0.2, -0.15) is 4.57 Å². The molecule has 0 atom stereocenters. The molecule has 0 bridgehead atoms. The molecule has 6 nitrogen and oxygen atoms in total. The molecule has 0 saturated heterocycles. The van der Waals surface area contributed by atoms with Crippen molar-refractivity contribution in [3.63, 3.8) is 0 Å². The lowest BCUT2D eigenvalue weighted by Gasteiger charge is -2.18. The van der Waals surface area contributed by atoms with Gasteiger partial charge in [-0.15, -0.1) is 0 Å². The average molecular weight is 367 g/mol. The number of benzene rings is 3. The number of nitrogens with zero attached hydrogens (tertiary/aromatic N) is 1. The maximum absolute atomic E-state index is 13.3. The number of rotatable bonds is 6. The minimum absolute atomic E-state index is 0.0378. The molecule has 130 valence electrons. The summed E-state index contributed by atoms with van der Waals surface area (Å²) in [4.78, 5) is 0. The number of fused-ring (bicyclic) bond motifs is 1. The van der Waals surface area contributed by atoms with Crippen LogP contribution in [-0.2, 0) is 4.57 Å². The van der Waals surface area contributed by atoms with Gasteiger partial charge in [0.15, 0.2) is 5.58 Å². The Bertz CT molecular complexity index is 1000. The maximum atomic E-state index is 13.3. The molecule has 3 aromatic carbocycles. The van der Waals surface area contributed by atoms with Gasteiger partial charge in [-0.1, -0.05) is 48.5 Å². The maximum Gasteiger partial charge on any atom is 0.648 e. The molecule has 0 aliphatic carbocycles. The Hall–Kier alpha value is -3.24. The number of hydrogen-bond acceptors (Lipinski definition) is 6. The Kier molecular flexibility index (Phi) is 4.33. The summed E-state index contributed by atoms with van der Waals surface area (Å²) in [7, 11) is -4.08. The number of phosphoric ester groups is 1. The summed E-state index contributed by atoms with van der Waals surface area (Å²) in [5.41, 5.74) is 0.508. The summed E-state index contributed by atoms with van der Waals surface area (Å²) >= 11 is 0. The lowest BCUT2D eigenvalue weighted by Crippen LogP contribution is -2.07. The molecule has 7 heteroatoms. The Labute approximate surface area is 149 Å². The van der Waals surface area contributed by atoms with E-state index in [9.17, 15) is 4.57 Å². The second kappa shape index (κ2) is 6.94. The molecule has 4 aromatic rings. The Balaban J connectivity index is 1.68. The second-order valence-corrected chi connectivity index (χ2v) is 6.77. The number of phosphoric acid groups is 1. The normalized spacial score (nSPS) is 11.2. The van der Waals surface area contributed by atoms with Gasteiger partial charge in [0.2, 0.25) is 0 Å². The zero-order chi connectivity index (χ0) is 17.8. The number of aromatic nitrogens is 1. The minimum atomic E-state index is -4.08. The average Bonchev–Trinajstić information content (AvgIpc) is 3.06. The molecule has 0 spiro atoms. The molecule has 1 aromatic heterocycles. The third kappa shape index (κ3) is 3.55. The van der Waals surface area contributed by atoms with Crippen molar-refractivity contribution in [2.24, 2.45) is 0 Å². The first-order valence-corrected chi connectivity index (χ1v) is 9.31. The summed E-state index contributed by atoms with van der Waals surface area (Å²) < 4.78 is 35.2. The van der Waals surface area contributed by atoms with E-state index < -0.39 is 7.82 Å². The molecule has 0 amide bonds. The quantitative estimate of drug-likeness (QED) is 0.421. The molecule has 0 radical (unpaired) electrons. The fourth-order valence-corrected chi connectivity index (χ4v) is 3.53. The van der Waals surface area contributed by atoms with Gasteiger partial charge >= 0.3 is 7.82 Å². The fraction of sp³-hybridized carbons (Fsp3) is 0. The topological polar surface area (TPSA) is 70.8 Å². The van der Waals surface area contributed by atoms with Crippen molar-refractivity contribution in [1.82, 2.24) is 5.16 Å². The van der Waals surface area contributed by atoms with Crippen LogP contribution < -0.4 is 13.6 Å². The van der Waals surface area contributed by atoms with E-state index in [1.54, 1.807) is 72.8 Å². The van der Waals surface area contributed by atoms with Crippen molar-refractivity contribution in [2.45, 2.75) is 0 Å². The van der Waals surface area contributed by atoms with Gasteiger partial charge in [0, 0.05) is 0 Å². The summed E-state index contributed by atoms with van der Waals surface area (Å²) in [6, 6.07) is 24.4. The van der Waals surface area contributed by atoms with Crippen molar-refractivity contribution < 1.29 is 22.7 Å². The highest BCUT2D eigenvalue weighted by Gasteiger charge is 2.35. The van der Waals surface area contributed by atoms with Crippen LogP contribution in [0.15, 0.2) is 89.5 Å². The highest BCUT2D eigenvalue weighted by molar-refractivity contribution is 7.49. The van der Waals surface area contributed by atoms with Gasteiger partial charge in [-0.3, -0.25) is 0 Å². The van der Waals surface area contributed by atoms with E-state index in [2.05, 4.69) is 5.16 Å². The highest BCUT2D eigenvalue weighted by Crippen LogP contribution is 2.50. The fourth-order valence-electron chi connectivity index (χ4n) is 2.31. The van der Waals surface area contributed by atoms with E-state index in [1.807, 2.05) is 12.1 Å². The Morgan fingerprint density at radius 1 is 0.692 bits per heavy atom. The first-order chi connectivity index (χ1) is 12.7. The van der Waals surface area contributed by atoms with Crippen LogP contribution in [0.2, 0.25) is 0 Å². The minimum Gasteiger partial charge on any atom is -0.386 e. The van der Waals surface area contributed by atoms with E-state index in [0.29, 0.717) is 22.5 Å². The standard InChI is InChI=1S/C19H14NO5P/c21-26(23-15-9-3-1-4-10-15,24-16-11-5-2-6-12-16)25-19-17-13-7-8-14-18(17)22-20-19/h1-14H. The van der Waals surface area contributed by atoms with Gasteiger partial charge in [0.1, 0.15) is 11.5 Å². The van der Waals surface area contributed by atoms with Gasteiger partial charge in [-0.05, 0) is 41.6 Å². The highest BCUT2D eigenvalue weighted by atomic mass is 31.2. The van der Waals surface area contributed by atoms with Crippen molar-refractivity contribution >= 4 is 18.8 Å². The van der Waals surface area contributed by atoms with Crippen LogP contribution in [0.1, 0.15) is 0 Å². The number of para-hydroxylation sites is 3. The third-order valence-electron chi connectivity index (χ3n) is 3.46. The van der Waals surface area contributed by atoms with Gasteiger partial charge in [0.05, 0.1) is 5.39 Å². The van der Waals surface area contributed by atoms with Crippen LogP contribution in [0.4, 0.5) is 0 Å². The predicted octanol–water partition coefficient (Wildman–Crippen LogP) is 5.47. The van der Waals surface area contributed by atoms with Crippen LogP contribution >= 0.6 is 7.82 Å². The first-order valence-electron chi connectivity index (χ1n) is 7.85. The van der Waals surface area contributed by atoms with E-state index in [-0.39, 0.29) is 5.88 Å². The SMILES string of the molecule is O=P(Oc1ccccc1)(Oc1ccccc1)Oc1noc2ccccc12. The van der Waals surface area contributed by atoms with Crippen LogP contribution in [-0.4, -0.2) is 5.16 Å². The molecule has 0 aliphatic heterocycles. The zero-order valence-corrected chi connectivity index (χ0v) is 14.4. The molecule has 26 heavy (non-hydrogen) atoms. The monoisotopic (exact) mass is 367 g/mol. The van der Waals surface area contributed by atoms with Gasteiger partial charge in [-0.25, -0.2) is 0 Å². The molecule has 0 aliphatic rings. The largest absolute Gasteiger partial charge is 0.648 e. The molecule has 4 rings (SSSR count). The summed E-state index contributed by atoms with van der Waals surface area (Å²) in [6.07, 6.45) is 0. The third-order valence-corrected chi connectivity index (χ3v) is 4.73. The zero-order valence-electron chi connectivity index (χ0n) is 13.5. The Morgan fingerprint density at radius 2 is 1.23 bits per heavy atom. The summed E-state index contributed by atoms with van der Waals surface area (Å²) in [5, 5.41) is 4.40. The van der Waals surface area contributed by atoms with Crippen molar-refractivity contribution in [2.75, 3.05) is 0 Å². The first kappa shape index (κ1) is 16.2. The summed E-state index contributed by atoms with van der Waals surface area (Å²) in [6.45, 7) is 0. The van der Waals surface area contributed by atoms with E-state index >= 15 is 0 Å². The Morgan fingerprint density at radius 3 is 1.85 bits per heavy atom. The van der Waals surface area contributed by atoms with Gasteiger partial charge < -0.3 is 18.1 Å². The summed E-state index contributed by atoms with van der Waals surface area (Å²) in [5.74, 6) is 0.731. The second-order valence-electron chi connectivity index (χ2n) is 5.33. The molecule has 0 N–H and O–H groups in total. The molecule has 0 saturated carbocycles. The van der Waals surface area contributed by atoms with Crippen LogP contribution in [0.25, 0.3) is 11.0 Å². The predicted molar refractivity (Wildman–Crippen MR) is 96.4 cm³/mol. The lowest BCUT2D eigenvalue weighted by atomic mass is 10.3. The van der Waals surface area contributed by atoms with E-state index in [0.717, 1.165) is 0 Å². The molecule has 0 fully saturated rings. The van der Waals surface area contributed by atoms with Crippen molar-refractivity contribution in [1.29, 1.82) is 0 Å². The van der Waals surface area contributed by atoms with Crippen LogP contribution in [0.3, 0.4) is 0 Å². The van der Waals surface area contributed by atoms with Crippen molar-refractivity contribution in [3.05, 3.63) is 84.9 Å². The lowest BCUT2D eigenvalue weighted by molar-refractivity contribution is 0.287.